The van der Waals surface area contributed by atoms with Crippen LogP contribution in [0.5, 0.6) is 0 Å². The van der Waals surface area contributed by atoms with Crippen molar-refractivity contribution in [2.24, 2.45) is 0 Å². The molecule has 0 unspecified atom stereocenters. The van der Waals surface area contributed by atoms with Gasteiger partial charge in [0, 0.05) is 25.4 Å². The first kappa shape index (κ1) is 13.1. The Morgan fingerprint density at radius 1 is 1.42 bits per heavy atom. The number of aryl methyl sites for hydroxylation is 2. The molecule has 0 aliphatic heterocycles. The topological polar surface area (TPSA) is 64.2 Å². The SMILES string of the molecule is Cc1ccn(CCCNC(=O)c2ccco2)c(=O)c1. The van der Waals surface area contributed by atoms with Crippen molar-refractivity contribution in [3.8, 4) is 0 Å². The van der Waals surface area contributed by atoms with E-state index in [1.165, 1.54) is 6.26 Å². The van der Waals surface area contributed by atoms with Crippen LogP contribution in [-0.4, -0.2) is 17.0 Å². The Morgan fingerprint density at radius 2 is 2.26 bits per heavy atom. The third-order valence-electron chi connectivity index (χ3n) is 2.76. The smallest absolute Gasteiger partial charge is 0.286 e. The summed E-state index contributed by atoms with van der Waals surface area (Å²) in [7, 11) is 0. The zero-order valence-electron chi connectivity index (χ0n) is 10.8. The van der Waals surface area contributed by atoms with Gasteiger partial charge in [0.2, 0.25) is 0 Å². The molecule has 2 heterocycles. The van der Waals surface area contributed by atoms with Crippen LogP contribution < -0.4 is 10.9 Å². The molecule has 0 spiro atoms. The van der Waals surface area contributed by atoms with Crippen LogP contribution in [0.25, 0.3) is 0 Å². The highest BCUT2D eigenvalue weighted by molar-refractivity contribution is 5.91. The molecule has 0 bridgehead atoms. The number of rotatable bonds is 5. The van der Waals surface area contributed by atoms with E-state index in [1.54, 1.807) is 29.0 Å². The second-order valence-corrected chi connectivity index (χ2v) is 4.32. The third kappa shape index (κ3) is 3.58. The Labute approximate surface area is 110 Å². The maximum absolute atomic E-state index is 11.6. The van der Waals surface area contributed by atoms with E-state index < -0.39 is 0 Å². The summed E-state index contributed by atoms with van der Waals surface area (Å²) in [6, 6.07) is 6.77. The van der Waals surface area contributed by atoms with Crippen LogP contribution in [0.1, 0.15) is 22.5 Å². The lowest BCUT2D eigenvalue weighted by molar-refractivity contribution is 0.0925. The molecule has 5 heteroatoms. The lowest BCUT2D eigenvalue weighted by Crippen LogP contribution is -2.26. The van der Waals surface area contributed by atoms with Crippen molar-refractivity contribution in [2.45, 2.75) is 19.9 Å². The molecule has 0 atom stereocenters. The molecule has 1 N–H and O–H groups in total. The van der Waals surface area contributed by atoms with E-state index in [1.807, 2.05) is 13.0 Å². The van der Waals surface area contributed by atoms with Gasteiger partial charge in [-0.25, -0.2) is 0 Å². The second-order valence-electron chi connectivity index (χ2n) is 4.32. The van der Waals surface area contributed by atoms with Gasteiger partial charge in [-0.3, -0.25) is 9.59 Å². The summed E-state index contributed by atoms with van der Waals surface area (Å²) >= 11 is 0. The fourth-order valence-corrected chi connectivity index (χ4v) is 1.74. The molecule has 0 fully saturated rings. The molecular formula is C14H16N2O3. The average molecular weight is 260 g/mol. The van der Waals surface area contributed by atoms with Crippen LogP contribution in [0.2, 0.25) is 0 Å². The molecular weight excluding hydrogens is 244 g/mol. The first-order valence-corrected chi connectivity index (χ1v) is 6.15. The number of nitrogens with one attached hydrogen (secondary N) is 1. The fourth-order valence-electron chi connectivity index (χ4n) is 1.74. The largest absolute Gasteiger partial charge is 0.459 e. The van der Waals surface area contributed by atoms with E-state index in [9.17, 15) is 9.59 Å². The molecule has 0 aliphatic rings. The van der Waals surface area contributed by atoms with Crippen molar-refractivity contribution in [3.05, 3.63) is 58.4 Å². The number of hydrogen-bond acceptors (Lipinski definition) is 3. The van der Waals surface area contributed by atoms with Gasteiger partial charge in [0.15, 0.2) is 5.76 Å². The van der Waals surface area contributed by atoms with Crippen molar-refractivity contribution in [2.75, 3.05) is 6.54 Å². The van der Waals surface area contributed by atoms with Gasteiger partial charge >= 0.3 is 0 Å². The Hall–Kier alpha value is -2.30. The van der Waals surface area contributed by atoms with Crippen molar-refractivity contribution in [3.63, 3.8) is 0 Å². The Balaban J connectivity index is 1.78. The third-order valence-corrected chi connectivity index (χ3v) is 2.76. The summed E-state index contributed by atoms with van der Waals surface area (Å²) in [4.78, 5) is 23.2. The zero-order valence-corrected chi connectivity index (χ0v) is 10.8. The van der Waals surface area contributed by atoms with Crippen LogP contribution in [0.4, 0.5) is 0 Å². The molecule has 0 aromatic carbocycles. The first-order valence-electron chi connectivity index (χ1n) is 6.15. The molecule has 19 heavy (non-hydrogen) atoms. The van der Waals surface area contributed by atoms with E-state index in [0.29, 0.717) is 25.3 Å². The van der Waals surface area contributed by atoms with E-state index in [0.717, 1.165) is 5.56 Å². The van der Waals surface area contributed by atoms with Crippen molar-refractivity contribution >= 4 is 5.91 Å². The first-order chi connectivity index (χ1) is 9.16. The normalized spacial score (nSPS) is 10.4. The summed E-state index contributed by atoms with van der Waals surface area (Å²) < 4.78 is 6.61. The van der Waals surface area contributed by atoms with E-state index >= 15 is 0 Å². The summed E-state index contributed by atoms with van der Waals surface area (Å²) in [5, 5.41) is 2.74. The summed E-state index contributed by atoms with van der Waals surface area (Å²) in [5.41, 5.74) is 0.935. The van der Waals surface area contributed by atoms with Gasteiger partial charge < -0.3 is 14.3 Å². The lowest BCUT2D eigenvalue weighted by atomic mass is 10.3. The minimum absolute atomic E-state index is 0.0163. The molecule has 5 nitrogen and oxygen atoms in total. The quantitative estimate of drug-likeness (QED) is 0.830. The van der Waals surface area contributed by atoms with Gasteiger partial charge in [-0.05, 0) is 37.1 Å². The second kappa shape index (κ2) is 6.04. The standard InChI is InChI=1S/C14H16N2O3/c1-11-5-8-16(13(17)10-11)7-3-6-15-14(18)12-4-2-9-19-12/h2,4-5,8-10H,3,6-7H2,1H3,(H,15,18). The minimum atomic E-state index is -0.235. The lowest BCUT2D eigenvalue weighted by Gasteiger charge is -2.06. The molecule has 100 valence electrons. The van der Waals surface area contributed by atoms with Crippen LogP contribution >= 0.6 is 0 Å². The van der Waals surface area contributed by atoms with E-state index in [2.05, 4.69) is 5.32 Å². The van der Waals surface area contributed by atoms with Gasteiger partial charge in [0.25, 0.3) is 11.5 Å². The minimum Gasteiger partial charge on any atom is -0.459 e. The molecule has 2 aromatic rings. The number of aromatic nitrogens is 1. The highest BCUT2D eigenvalue weighted by Gasteiger charge is 2.06. The van der Waals surface area contributed by atoms with Gasteiger partial charge in [0.1, 0.15) is 0 Å². The van der Waals surface area contributed by atoms with Crippen LogP contribution in [0, 0.1) is 6.92 Å². The Bertz CT molecular complexity index is 599. The van der Waals surface area contributed by atoms with E-state index in [-0.39, 0.29) is 11.5 Å². The van der Waals surface area contributed by atoms with E-state index in [4.69, 9.17) is 4.42 Å². The number of carbonyl (C=O) groups excluding carboxylic acids is 1. The molecule has 0 radical (unpaired) electrons. The number of carbonyl (C=O) groups is 1. The highest BCUT2D eigenvalue weighted by atomic mass is 16.3. The number of hydrogen-bond donors (Lipinski definition) is 1. The summed E-state index contributed by atoms with van der Waals surface area (Å²) in [6.45, 7) is 2.97. The molecule has 2 rings (SSSR count). The number of nitrogens with zero attached hydrogens (tertiary/aromatic N) is 1. The van der Waals surface area contributed by atoms with Gasteiger partial charge in [-0.1, -0.05) is 0 Å². The average Bonchev–Trinajstić information content (AvgIpc) is 2.90. The van der Waals surface area contributed by atoms with Crippen molar-refractivity contribution in [1.29, 1.82) is 0 Å². The Kier molecular flexibility index (Phi) is 4.18. The maximum atomic E-state index is 11.6. The zero-order chi connectivity index (χ0) is 13.7. The van der Waals surface area contributed by atoms with Crippen LogP contribution in [0.3, 0.4) is 0 Å². The molecule has 0 saturated carbocycles. The fraction of sp³-hybridized carbons (Fsp3) is 0.286. The molecule has 0 aliphatic carbocycles. The van der Waals surface area contributed by atoms with Gasteiger partial charge in [-0.15, -0.1) is 0 Å². The van der Waals surface area contributed by atoms with Crippen LogP contribution in [0.15, 0.2) is 45.9 Å². The Morgan fingerprint density at radius 3 is 2.95 bits per heavy atom. The predicted octanol–water partition coefficient (Wildman–Crippen LogP) is 1.57. The van der Waals surface area contributed by atoms with Crippen molar-refractivity contribution < 1.29 is 9.21 Å². The number of pyridine rings is 1. The predicted molar refractivity (Wildman–Crippen MR) is 71.1 cm³/mol. The number of amides is 1. The molecule has 1 amide bonds. The molecule has 2 aromatic heterocycles. The summed E-state index contributed by atoms with van der Waals surface area (Å²) in [5.74, 6) is 0.0637. The molecule has 0 saturated heterocycles. The monoisotopic (exact) mass is 260 g/mol. The summed E-state index contributed by atoms with van der Waals surface area (Å²) in [6.07, 6.45) is 3.92. The maximum Gasteiger partial charge on any atom is 0.286 e. The number of furan rings is 1. The van der Waals surface area contributed by atoms with Crippen LogP contribution in [-0.2, 0) is 6.54 Å². The van der Waals surface area contributed by atoms with Gasteiger partial charge in [-0.2, -0.15) is 0 Å². The van der Waals surface area contributed by atoms with Gasteiger partial charge in [0.05, 0.1) is 6.26 Å². The van der Waals surface area contributed by atoms with Crippen molar-refractivity contribution in [1.82, 2.24) is 9.88 Å². The highest BCUT2D eigenvalue weighted by Crippen LogP contribution is 1.99.